The van der Waals surface area contributed by atoms with Crippen LogP contribution in [0.4, 0.5) is 0 Å². The summed E-state index contributed by atoms with van der Waals surface area (Å²) in [5.41, 5.74) is 1.54. The molecule has 0 aromatic carbocycles. The predicted molar refractivity (Wildman–Crippen MR) is 99.0 cm³/mol. The molecular formula is C16H28N2O4S2. The summed E-state index contributed by atoms with van der Waals surface area (Å²) in [7, 11) is 0. The monoisotopic (exact) mass is 376 g/mol. The topological polar surface area (TPSA) is 98.7 Å². The number of nitrogens with one attached hydrogen (secondary N) is 2. The largest absolute Gasteiger partial charge is 0.473 e. The van der Waals surface area contributed by atoms with Gasteiger partial charge in [-0.25, -0.2) is 9.59 Å². The summed E-state index contributed by atoms with van der Waals surface area (Å²) < 4.78 is 0. The third-order valence-electron chi connectivity index (χ3n) is 5.29. The molecule has 4 aliphatic rings. The molecule has 0 aromatic rings. The molecule has 4 rings (SSSR count). The van der Waals surface area contributed by atoms with E-state index in [1.807, 2.05) is 0 Å². The first-order chi connectivity index (χ1) is 11.5. The van der Waals surface area contributed by atoms with Gasteiger partial charge < -0.3 is 20.8 Å². The lowest BCUT2D eigenvalue weighted by molar-refractivity contribution is -0.159. The zero-order valence-corrected chi connectivity index (χ0v) is 15.6. The second-order valence-corrected chi connectivity index (χ2v) is 9.49. The van der Waals surface area contributed by atoms with Crippen molar-refractivity contribution in [1.82, 2.24) is 10.6 Å². The molecule has 0 atom stereocenters. The summed E-state index contributed by atoms with van der Waals surface area (Å²) >= 11 is 4.24. The van der Waals surface area contributed by atoms with Crippen LogP contribution in [0.5, 0.6) is 0 Å². The van der Waals surface area contributed by atoms with Crippen molar-refractivity contribution in [2.75, 3.05) is 49.2 Å². The number of carboxylic acid groups (broad SMARTS) is 2. The van der Waals surface area contributed by atoms with Crippen molar-refractivity contribution in [3.8, 4) is 0 Å². The lowest BCUT2D eigenvalue weighted by Crippen LogP contribution is -2.54. The van der Waals surface area contributed by atoms with E-state index in [4.69, 9.17) is 19.8 Å². The average Bonchev–Trinajstić information content (AvgIpc) is 2.55. The fourth-order valence-corrected chi connectivity index (χ4v) is 5.99. The van der Waals surface area contributed by atoms with Crippen LogP contribution in [0.15, 0.2) is 0 Å². The maximum Gasteiger partial charge on any atom is 0.414 e. The Morgan fingerprint density at radius 3 is 1.08 bits per heavy atom. The molecule has 4 heterocycles. The highest BCUT2D eigenvalue weighted by Crippen LogP contribution is 2.38. The van der Waals surface area contributed by atoms with E-state index in [2.05, 4.69) is 34.2 Å². The van der Waals surface area contributed by atoms with Crippen LogP contribution in [-0.4, -0.2) is 71.3 Å². The van der Waals surface area contributed by atoms with Gasteiger partial charge in [0, 0.05) is 26.2 Å². The lowest BCUT2D eigenvalue weighted by Gasteiger charge is -2.45. The Kier molecular flexibility index (Phi) is 7.71. The number of aliphatic carboxylic acids is 2. The van der Waals surface area contributed by atoms with Gasteiger partial charge in [-0.2, -0.15) is 23.5 Å². The van der Waals surface area contributed by atoms with Crippen LogP contribution in [0.1, 0.15) is 25.7 Å². The molecule has 4 fully saturated rings. The zero-order chi connectivity index (χ0) is 17.5. The normalized spacial score (nSPS) is 25.8. The third kappa shape index (κ3) is 5.82. The van der Waals surface area contributed by atoms with Gasteiger partial charge in [0.05, 0.1) is 0 Å². The van der Waals surface area contributed by atoms with Gasteiger partial charge in [-0.15, -0.1) is 0 Å². The number of carbonyl (C=O) groups is 2. The van der Waals surface area contributed by atoms with Crippen molar-refractivity contribution in [2.24, 2.45) is 10.8 Å². The first-order valence-electron chi connectivity index (χ1n) is 8.50. The highest BCUT2D eigenvalue weighted by Gasteiger charge is 2.38. The number of carboxylic acids is 2. The van der Waals surface area contributed by atoms with Crippen molar-refractivity contribution < 1.29 is 19.8 Å². The second-order valence-electron chi connectivity index (χ2n) is 7.04. The average molecular weight is 377 g/mol. The summed E-state index contributed by atoms with van der Waals surface area (Å²) in [6.45, 7) is 5.20. The predicted octanol–water partition coefficient (Wildman–Crippen LogP) is 1.36. The molecule has 2 spiro atoms. The van der Waals surface area contributed by atoms with Crippen molar-refractivity contribution in [3.63, 3.8) is 0 Å². The number of thioether (sulfide) groups is 2. The Hall–Kier alpha value is -0.440. The highest BCUT2D eigenvalue weighted by molar-refractivity contribution is 7.99. The molecule has 24 heavy (non-hydrogen) atoms. The molecule has 6 nitrogen and oxygen atoms in total. The molecule has 8 heteroatoms. The van der Waals surface area contributed by atoms with Crippen LogP contribution >= 0.6 is 23.5 Å². The van der Waals surface area contributed by atoms with Crippen LogP contribution in [0.3, 0.4) is 0 Å². The van der Waals surface area contributed by atoms with Crippen molar-refractivity contribution >= 4 is 35.5 Å². The van der Waals surface area contributed by atoms with E-state index < -0.39 is 11.9 Å². The Labute approximate surface area is 151 Å². The molecule has 0 saturated carbocycles. The molecule has 138 valence electrons. The maximum atomic E-state index is 9.10. The van der Waals surface area contributed by atoms with Crippen LogP contribution in [-0.2, 0) is 9.59 Å². The molecular weight excluding hydrogens is 348 g/mol. The molecule has 0 bridgehead atoms. The van der Waals surface area contributed by atoms with Crippen LogP contribution in [0.25, 0.3) is 0 Å². The summed E-state index contributed by atoms with van der Waals surface area (Å²) in [6.07, 6.45) is 5.85. The summed E-state index contributed by atoms with van der Waals surface area (Å²) in [4.78, 5) is 18.2. The molecule has 4 saturated heterocycles. The number of hydrogen-bond acceptors (Lipinski definition) is 6. The van der Waals surface area contributed by atoms with Gasteiger partial charge in [0.1, 0.15) is 0 Å². The molecule has 4 aliphatic heterocycles. The lowest BCUT2D eigenvalue weighted by atomic mass is 9.76. The highest BCUT2D eigenvalue weighted by atomic mass is 32.2. The quantitative estimate of drug-likeness (QED) is 0.471. The third-order valence-corrected chi connectivity index (χ3v) is 7.26. The first-order valence-corrected chi connectivity index (χ1v) is 10.8. The van der Waals surface area contributed by atoms with Gasteiger partial charge >= 0.3 is 11.9 Å². The van der Waals surface area contributed by atoms with Gasteiger partial charge in [-0.3, -0.25) is 0 Å². The summed E-state index contributed by atoms with van der Waals surface area (Å²) in [6, 6.07) is 0. The smallest absolute Gasteiger partial charge is 0.414 e. The molecule has 0 unspecified atom stereocenters. The Morgan fingerprint density at radius 2 is 0.958 bits per heavy atom. The Morgan fingerprint density at radius 1 is 0.667 bits per heavy atom. The van der Waals surface area contributed by atoms with Gasteiger partial charge in [-0.05, 0) is 59.5 Å². The van der Waals surface area contributed by atoms with Crippen LogP contribution in [0.2, 0.25) is 0 Å². The van der Waals surface area contributed by atoms with E-state index in [0.29, 0.717) is 0 Å². The van der Waals surface area contributed by atoms with Crippen molar-refractivity contribution in [2.45, 2.75) is 25.7 Å². The Balaban J connectivity index is 0.000000134. The molecule has 0 aliphatic carbocycles. The van der Waals surface area contributed by atoms with Gasteiger partial charge in [-0.1, -0.05) is 0 Å². The van der Waals surface area contributed by atoms with E-state index >= 15 is 0 Å². The van der Waals surface area contributed by atoms with Crippen LogP contribution < -0.4 is 10.6 Å². The van der Waals surface area contributed by atoms with Gasteiger partial charge in [0.25, 0.3) is 0 Å². The van der Waals surface area contributed by atoms with Gasteiger partial charge in [0.15, 0.2) is 0 Å². The van der Waals surface area contributed by atoms with Gasteiger partial charge in [0.2, 0.25) is 0 Å². The van der Waals surface area contributed by atoms with Crippen molar-refractivity contribution in [3.05, 3.63) is 0 Å². The van der Waals surface area contributed by atoms with E-state index in [-0.39, 0.29) is 0 Å². The van der Waals surface area contributed by atoms with E-state index in [1.54, 1.807) is 0 Å². The summed E-state index contributed by atoms with van der Waals surface area (Å²) in [5.74, 6) is 1.97. The summed E-state index contributed by atoms with van der Waals surface area (Å²) in [5, 5.41) is 21.5. The fourth-order valence-electron chi connectivity index (χ4n) is 3.27. The molecule has 4 N–H and O–H groups in total. The first kappa shape index (κ1) is 19.9. The van der Waals surface area contributed by atoms with E-state index in [9.17, 15) is 0 Å². The molecule has 0 radical (unpaired) electrons. The fraction of sp³-hybridized carbons (Fsp3) is 0.875. The van der Waals surface area contributed by atoms with Crippen LogP contribution in [0, 0.1) is 10.8 Å². The number of hydrogen-bond donors (Lipinski definition) is 4. The molecule has 0 amide bonds. The number of rotatable bonds is 0. The maximum absolute atomic E-state index is 9.10. The second kappa shape index (κ2) is 9.31. The van der Waals surface area contributed by atoms with Crippen molar-refractivity contribution in [1.29, 1.82) is 0 Å². The SMILES string of the molecule is C1CC2(CCS1)CNC2.C1CC2(CCS1)CNC2.O=C(O)C(=O)O. The minimum Gasteiger partial charge on any atom is -0.473 e. The standard InChI is InChI=1S/2C7H13NS.C2H2O4/c2*1-3-9-4-2-7(1)5-8-6-7;3-1(4)2(5)6/h2*8H,1-6H2;(H,3,4)(H,5,6). The minimum atomic E-state index is -1.82. The van der Waals surface area contributed by atoms with E-state index in [0.717, 1.165) is 10.8 Å². The van der Waals surface area contributed by atoms with E-state index in [1.165, 1.54) is 74.9 Å². The minimum absolute atomic E-state index is 0.769. The zero-order valence-electron chi connectivity index (χ0n) is 14.0. The Bertz CT molecular complexity index is 384. The molecule has 0 aromatic heterocycles.